The maximum Gasteiger partial charge on any atom is 0.0821 e. The lowest BCUT2D eigenvalue weighted by atomic mass is 10.00. The maximum atomic E-state index is 5.73. The summed E-state index contributed by atoms with van der Waals surface area (Å²) in [4.78, 5) is 2.37. The van der Waals surface area contributed by atoms with Crippen molar-refractivity contribution in [2.24, 2.45) is 0 Å². The first kappa shape index (κ1) is 6.62. The molecule has 58 valence electrons. The largest absolute Gasteiger partial charge is 0.374 e. The molecule has 0 aliphatic carbocycles. The van der Waals surface area contributed by atoms with Crippen LogP contribution in [-0.2, 0) is 4.74 Å². The topological polar surface area (TPSA) is 12.5 Å². The molecule has 2 heterocycles. The van der Waals surface area contributed by atoms with E-state index in [4.69, 9.17) is 4.74 Å². The van der Waals surface area contributed by atoms with Gasteiger partial charge in [-0.15, -0.1) is 0 Å². The highest BCUT2D eigenvalue weighted by molar-refractivity contribution is 4.93. The molecular formula is C8H15NO. The fourth-order valence-electron chi connectivity index (χ4n) is 2.12. The van der Waals surface area contributed by atoms with Gasteiger partial charge < -0.3 is 9.64 Å². The number of hydrogen-bond donors (Lipinski definition) is 0. The van der Waals surface area contributed by atoms with Gasteiger partial charge in [-0.05, 0) is 26.3 Å². The number of ether oxygens (including phenoxy) is 1. The van der Waals surface area contributed by atoms with Gasteiger partial charge >= 0.3 is 0 Å². The molecule has 1 spiro atoms. The van der Waals surface area contributed by atoms with Crippen LogP contribution in [0, 0.1) is 0 Å². The Kier molecular flexibility index (Phi) is 1.46. The third kappa shape index (κ3) is 0.956. The van der Waals surface area contributed by atoms with Gasteiger partial charge in [-0.3, -0.25) is 0 Å². The molecule has 2 rings (SSSR count). The molecule has 2 nitrogen and oxygen atoms in total. The molecule has 1 unspecified atom stereocenters. The number of likely N-dealkylation sites (N-methyl/N-ethyl adjacent to an activating group) is 1. The van der Waals surface area contributed by atoms with E-state index in [2.05, 4.69) is 11.9 Å². The molecule has 1 atom stereocenters. The van der Waals surface area contributed by atoms with E-state index in [1.807, 2.05) is 0 Å². The fourth-order valence-corrected chi connectivity index (χ4v) is 2.12. The summed E-state index contributed by atoms with van der Waals surface area (Å²) in [7, 11) is 2.18. The van der Waals surface area contributed by atoms with Crippen molar-refractivity contribution in [3.63, 3.8) is 0 Å². The minimum atomic E-state index is 0.286. The van der Waals surface area contributed by atoms with Crippen LogP contribution < -0.4 is 0 Å². The molecule has 2 heteroatoms. The Labute approximate surface area is 62.2 Å². The Balaban J connectivity index is 2.03. The zero-order valence-electron chi connectivity index (χ0n) is 6.60. The monoisotopic (exact) mass is 141 g/mol. The van der Waals surface area contributed by atoms with Crippen LogP contribution in [0.25, 0.3) is 0 Å². The summed E-state index contributed by atoms with van der Waals surface area (Å²) in [6.07, 6.45) is 3.81. The Morgan fingerprint density at radius 2 is 2.30 bits per heavy atom. The highest BCUT2D eigenvalue weighted by Crippen LogP contribution is 2.33. The second-order valence-electron chi connectivity index (χ2n) is 3.62. The lowest BCUT2D eigenvalue weighted by Crippen LogP contribution is -2.30. The zero-order valence-corrected chi connectivity index (χ0v) is 6.60. The molecule has 0 aromatic rings. The first-order valence-electron chi connectivity index (χ1n) is 4.13. The van der Waals surface area contributed by atoms with Crippen LogP contribution in [0.15, 0.2) is 0 Å². The van der Waals surface area contributed by atoms with Crippen LogP contribution in [-0.4, -0.2) is 37.2 Å². The number of nitrogens with zero attached hydrogens (tertiary/aromatic N) is 1. The molecule has 2 aliphatic rings. The minimum Gasteiger partial charge on any atom is -0.374 e. The third-order valence-electron chi connectivity index (χ3n) is 2.69. The summed E-state index contributed by atoms with van der Waals surface area (Å²) in [5, 5.41) is 0. The first-order chi connectivity index (χ1) is 4.81. The van der Waals surface area contributed by atoms with Gasteiger partial charge in [0.05, 0.1) is 5.60 Å². The molecule has 0 saturated carbocycles. The highest BCUT2D eigenvalue weighted by Gasteiger charge is 2.40. The summed E-state index contributed by atoms with van der Waals surface area (Å²) in [6, 6.07) is 0. The molecule has 2 fully saturated rings. The first-order valence-corrected chi connectivity index (χ1v) is 4.13. The van der Waals surface area contributed by atoms with Gasteiger partial charge in [0.25, 0.3) is 0 Å². The number of hydrogen-bond acceptors (Lipinski definition) is 2. The smallest absolute Gasteiger partial charge is 0.0821 e. The quantitative estimate of drug-likeness (QED) is 0.496. The predicted molar refractivity (Wildman–Crippen MR) is 40.0 cm³/mol. The summed E-state index contributed by atoms with van der Waals surface area (Å²) in [6.45, 7) is 3.38. The fraction of sp³-hybridized carbons (Fsp3) is 1.00. The summed E-state index contributed by atoms with van der Waals surface area (Å²) in [5.74, 6) is 0. The van der Waals surface area contributed by atoms with Gasteiger partial charge in [-0.1, -0.05) is 0 Å². The Morgan fingerprint density at radius 1 is 1.40 bits per heavy atom. The van der Waals surface area contributed by atoms with Gasteiger partial charge in [0, 0.05) is 19.7 Å². The van der Waals surface area contributed by atoms with Crippen LogP contribution in [0.3, 0.4) is 0 Å². The molecule has 0 aromatic carbocycles. The third-order valence-corrected chi connectivity index (χ3v) is 2.69. The second kappa shape index (κ2) is 2.21. The van der Waals surface area contributed by atoms with Crippen molar-refractivity contribution in [3.05, 3.63) is 0 Å². The predicted octanol–water partition coefficient (Wildman–Crippen LogP) is 0.871. The van der Waals surface area contributed by atoms with E-state index < -0.39 is 0 Å². The van der Waals surface area contributed by atoms with E-state index in [1.165, 1.54) is 25.8 Å². The summed E-state index contributed by atoms with van der Waals surface area (Å²) >= 11 is 0. The molecule has 0 bridgehead atoms. The Hall–Kier alpha value is -0.0800. The molecule has 2 aliphatic heterocycles. The molecule has 0 N–H and O–H groups in total. The molecular weight excluding hydrogens is 126 g/mol. The standard InChI is InChI=1S/C8H15NO/c1-9-5-4-8(7-9)3-2-6-10-8/h2-7H2,1H3. The van der Waals surface area contributed by atoms with Crippen molar-refractivity contribution < 1.29 is 4.74 Å². The van der Waals surface area contributed by atoms with E-state index >= 15 is 0 Å². The Morgan fingerprint density at radius 3 is 2.80 bits per heavy atom. The van der Waals surface area contributed by atoms with Gasteiger partial charge in [-0.2, -0.15) is 0 Å². The van der Waals surface area contributed by atoms with Crippen molar-refractivity contribution >= 4 is 0 Å². The van der Waals surface area contributed by atoms with Crippen molar-refractivity contribution in [1.82, 2.24) is 4.90 Å². The average Bonchev–Trinajstić information content (AvgIpc) is 2.46. The average molecular weight is 141 g/mol. The zero-order chi connectivity index (χ0) is 7.03. The second-order valence-corrected chi connectivity index (χ2v) is 3.62. The number of likely N-dealkylation sites (tertiary alicyclic amines) is 1. The SMILES string of the molecule is CN1CCC2(CCCO2)C1. The van der Waals surface area contributed by atoms with Crippen molar-refractivity contribution in [2.45, 2.75) is 24.9 Å². The van der Waals surface area contributed by atoms with Gasteiger partial charge in [0.15, 0.2) is 0 Å². The van der Waals surface area contributed by atoms with Gasteiger partial charge in [0.2, 0.25) is 0 Å². The summed E-state index contributed by atoms with van der Waals surface area (Å²) < 4.78 is 5.73. The van der Waals surface area contributed by atoms with Crippen molar-refractivity contribution in [1.29, 1.82) is 0 Å². The molecule has 2 saturated heterocycles. The van der Waals surface area contributed by atoms with Crippen molar-refractivity contribution in [3.8, 4) is 0 Å². The van der Waals surface area contributed by atoms with Crippen LogP contribution in [0.1, 0.15) is 19.3 Å². The minimum absolute atomic E-state index is 0.286. The van der Waals surface area contributed by atoms with E-state index in [0.717, 1.165) is 13.2 Å². The van der Waals surface area contributed by atoms with Crippen LogP contribution in [0.5, 0.6) is 0 Å². The highest BCUT2D eigenvalue weighted by atomic mass is 16.5. The summed E-state index contributed by atoms with van der Waals surface area (Å²) in [5.41, 5.74) is 0.286. The van der Waals surface area contributed by atoms with E-state index in [-0.39, 0.29) is 5.60 Å². The maximum absolute atomic E-state index is 5.73. The van der Waals surface area contributed by atoms with E-state index in [1.54, 1.807) is 0 Å². The molecule has 0 radical (unpaired) electrons. The lowest BCUT2D eigenvalue weighted by molar-refractivity contribution is 0.0146. The van der Waals surface area contributed by atoms with Crippen LogP contribution >= 0.6 is 0 Å². The van der Waals surface area contributed by atoms with E-state index in [9.17, 15) is 0 Å². The van der Waals surface area contributed by atoms with Gasteiger partial charge in [-0.25, -0.2) is 0 Å². The van der Waals surface area contributed by atoms with Crippen LogP contribution in [0.2, 0.25) is 0 Å². The molecule has 0 amide bonds. The van der Waals surface area contributed by atoms with Gasteiger partial charge in [0.1, 0.15) is 0 Å². The normalized spacial score (nSPS) is 41.7. The molecule has 0 aromatic heterocycles. The number of rotatable bonds is 0. The lowest BCUT2D eigenvalue weighted by Gasteiger charge is -2.21. The molecule has 10 heavy (non-hydrogen) atoms. The Bertz CT molecular complexity index is 129. The van der Waals surface area contributed by atoms with Crippen molar-refractivity contribution in [2.75, 3.05) is 26.7 Å². The van der Waals surface area contributed by atoms with Crippen LogP contribution in [0.4, 0.5) is 0 Å². The van der Waals surface area contributed by atoms with E-state index in [0.29, 0.717) is 0 Å².